The van der Waals surface area contributed by atoms with Crippen molar-refractivity contribution in [2.24, 2.45) is 0 Å². The van der Waals surface area contributed by atoms with E-state index in [0.29, 0.717) is 27.3 Å². The van der Waals surface area contributed by atoms with Crippen molar-refractivity contribution < 1.29 is 13.6 Å². The van der Waals surface area contributed by atoms with Crippen molar-refractivity contribution in [3.05, 3.63) is 100 Å². The molecule has 2 aromatic heterocycles. The van der Waals surface area contributed by atoms with Gasteiger partial charge in [0.15, 0.2) is 5.76 Å². The molecule has 0 bridgehead atoms. The van der Waals surface area contributed by atoms with Crippen LogP contribution in [0.3, 0.4) is 0 Å². The van der Waals surface area contributed by atoms with E-state index in [1.54, 1.807) is 36.4 Å². The molecule has 0 unspecified atom stereocenters. The maximum Gasteiger partial charge on any atom is 0.221 e. The molecule has 4 rings (SSSR count). The molecule has 138 valence electrons. The Labute approximate surface area is 171 Å². The van der Waals surface area contributed by atoms with Crippen LogP contribution in [0.1, 0.15) is 16.3 Å². The molecule has 0 fully saturated rings. The van der Waals surface area contributed by atoms with Gasteiger partial charge in [0, 0.05) is 11.1 Å². The predicted octanol–water partition coefficient (Wildman–Crippen LogP) is 7.41. The summed E-state index contributed by atoms with van der Waals surface area (Å²) >= 11 is 12.4. The number of hydrogen-bond donors (Lipinski definition) is 0. The Hall–Kier alpha value is -3.01. The molecule has 0 N–H and O–H groups in total. The smallest absolute Gasteiger partial charge is 0.221 e. The molecule has 0 saturated carbocycles. The molecule has 0 saturated heterocycles. The van der Waals surface area contributed by atoms with Crippen LogP contribution in [-0.2, 0) is 0 Å². The van der Waals surface area contributed by atoms with Crippen LogP contribution >= 0.6 is 23.2 Å². The summed E-state index contributed by atoms with van der Waals surface area (Å²) in [5.74, 6) is 1.68. The largest absolute Gasteiger partial charge is 0.457 e. The van der Waals surface area contributed by atoms with E-state index in [0.717, 1.165) is 11.1 Å². The summed E-state index contributed by atoms with van der Waals surface area (Å²) in [7, 11) is 0. The topological polar surface area (TPSA) is 43.4 Å². The van der Waals surface area contributed by atoms with Gasteiger partial charge in [0.25, 0.3) is 0 Å². The van der Waals surface area contributed by atoms with Gasteiger partial charge in [0.05, 0.1) is 10.0 Å². The van der Waals surface area contributed by atoms with Crippen molar-refractivity contribution in [3.8, 4) is 22.6 Å². The third kappa shape index (κ3) is 3.81. The van der Waals surface area contributed by atoms with Gasteiger partial charge < -0.3 is 8.83 Å². The number of carbonyl (C=O) groups is 1. The minimum absolute atomic E-state index is 0.226. The first-order valence-corrected chi connectivity index (χ1v) is 9.29. The van der Waals surface area contributed by atoms with Crippen LogP contribution in [0.25, 0.3) is 28.7 Å². The monoisotopic (exact) mass is 408 g/mol. The molecule has 2 heterocycles. The van der Waals surface area contributed by atoms with Gasteiger partial charge in [0.1, 0.15) is 17.3 Å². The van der Waals surface area contributed by atoms with Gasteiger partial charge in [-0.2, -0.15) is 0 Å². The van der Waals surface area contributed by atoms with Crippen LogP contribution < -0.4 is 0 Å². The molecule has 0 spiro atoms. The van der Waals surface area contributed by atoms with Gasteiger partial charge in [-0.25, -0.2) is 0 Å². The fraction of sp³-hybridized carbons (Fsp3) is 0. The molecule has 0 aliphatic heterocycles. The van der Waals surface area contributed by atoms with Crippen LogP contribution in [0.2, 0.25) is 10.0 Å². The number of rotatable bonds is 5. The normalized spacial score (nSPS) is 11.2. The Balaban J connectivity index is 1.51. The van der Waals surface area contributed by atoms with Crippen LogP contribution in [0, 0.1) is 0 Å². The summed E-state index contributed by atoms with van der Waals surface area (Å²) in [6.07, 6.45) is 3.00. The second-order valence-corrected chi connectivity index (χ2v) is 6.84. The maximum absolute atomic E-state index is 12.4. The van der Waals surface area contributed by atoms with Gasteiger partial charge in [-0.1, -0.05) is 47.5 Å². The summed E-state index contributed by atoms with van der Waals surface area (Å²) in [6, 6.07) is 21.7. The summed E-state index contributed by atoms with van der Waals surface area (Å²) < 4.78 is 11.4. The highest BCUT2D eigenvalue weighted by Gasteiger charge is 2.12. The fourth-order valence-corrected chi connectivity index (χ4v) is 3.22. The van der Waals surface area contributed by atoms with Crippen molar-refractivity contribution in [1.29, 1.82) is 0 Å². The molecule has 3 nitrogen and oxygen atoms in total. The molecule has 0 amide bonds. The Morgan fingerprint density at radius 3 is 1.93 bits per heavy atom. The molecule has 0 atom stereocenters. The molecule has 0 aliphatic carbocycles. The van der Waals surface area contributed by atoms with Gasteiger partial charge in [-0.05, 0) is 60.7 Å². The number of carbonyl (C=O) groups excluding carboxylic acids is 1. The van der Waals surface area contributed by atoms with E-state index in [-0.39, 0.29) is 11.5 Å². The minimum Gasteiger partial charge on any atom is -0.457 e. The minimum atomic E-state index is -0.269. The zero-order valence-corrected chi connectivity index (χ0v) is 16.1. The van der Waals surface area contributed by atoms with E-state index in [1.807, 2.05) is 42.5 Å². The van der Waals surface area contributed by atoms with Crippen molar-refractivity contribution in [1.82, 2.24) is 0 Å². The van der Waals surface area contributed by atoms with E-state index in [9.17, 15) is 4.79 Å². The standard InChI is InChI=1S/C23H14Cl2O3/c24-18-7-3-1-5-16(18)21-12-10-15(27-21)9-11-20(26)23-14-13-22(28-23)17-6-2-4-8-19(17)25/h1-14H/b11-9+. The molecule has 28 heavy (non-hydrogen) atoms. The highest BCUT2D eigenvalue weighted by molar-refractivity contribution is 6.33. The lowest BCUT2D eigenvalue weighted by molar-refractivity contribution is 0.102. The SMILES string of the molecule is O=C(/C=C/c1ccc(-c2ccccc2Cl)o1)c1ccc(-c2ccccc2Cl)o1. The van der Waals surface area contributed by atoms with Crippen LogP contribution in [0.15, 0.2) is 87.7 Å². The Morgan fingerprint density at radius 2 is 1.29 bits per heavy atom. The predicted molar refractivity (Wildman–Crippen MR) is 112 cm³/mol. The van der Waals surface area contributed by atoms with Gasteiger partial charge in [-0.15, -0.1) is 0 Å². The Kier molecular flexibility index (Phi) is 5.20. The van der Waals surface area contributed by atoms with E-state index in [4.69, 9.17) is 32.0 Å². The average molecular weight is 409 g/mol. The molecule has 5 heteroatoms. The highest BCUT2D eigenvalue weighted by atomic mass is 35.5. The number of allylic oxidation sites excluding steroid dienone is 1. The second kappa shape index (κ2) is 7.93. The van der Waals surface area contributed by atoms with Crippen LogP contribution in [0.4, 0.5) is 0 Å². The van der Waals surface area contributed by atoms with E-state index in [2.05, 4.69) is 0 Å². The number of ketones is 1. The van der Waals surface area contributed by atoms with E-state index < -0.39 is 0 Å². The molecule has 0 radical (unpaired) electrons. The number of furan rings is 2. The zero-order chi connectivity index (χ0) is 19.5. The van der Waals surface area contributed by atoms with Gasteiger partial charge in [-0.3, -0.25) is 4.79 Å². The van der Waals surface area contributed by atoms with Crippen molar-refractivity contribution in [3.63, 3.8) is 0 Å². The van der Waals surface area contributed by atoms with Crippen molar-refractivity contribution in [2.75, 3.05) is 0 Å². The summed E-state index contributed by atoms with van der Waals surface area (Å²) in [5.41, 5.74) is 1.54. The van der Waals surface area contributed by atoms with Gasteiger partial charge >= 0.3 is 0 Å². The summed E-state index contributed by atoms with van der Waals surface area (Å²) in [6.45, 7) is 0. The molecule has 4 aromatic rings. The van der Waals surface area contributed by atoms with Gasteiger partial charge in [0.2, 0.25) is 5.78 Å². The molecular weight excluding hydrogens is 395 g/mol. The van der Waals surface area contributed by atoms with Crippen LogP contribution in [0.5, 0.6) is 0 Å². The lowest BCUT2D eigenvalue weighted by Gasteiger charge is -1.99. The van der Waals surface area contributed by atoms with Crippen molar-refractivity contribution >= 4 is 35.1 Å². The quantitative estimate of drug-likeness (QED) is 0.255. The lowest BCUT2D eigenvalue weighted by Crippen LogP contribution is -1.90. The molecule has 0 aliphatic rings. The Bertz CT molecular complexity index is 1170. The summed E-state index contributed by atoms with van der Waals surface area (Å²) in [4.78, 5) is 12.4. The number of benzene rings is 2. The number of halogens is 2. The van der Waals surface area contributed by atoms with Crippen molar-refractivity contribution in [2.45, 2.75) is 0 Å². The highest BCUT2D eigenvalue weighted by Crippen LogP contribution is 2.30. The molecular formula is C23H14Cl2O3. The average Bonchev–Trinajstić information content (AvgIpc) is 3.37. The zero-order valence-electron chi connectivity index (χ0n) is 14.6. The van der Waals surface area contributed by atoms with E-state index in [1.165, 1.54) is 6.08 Å². The first-order chi connectivity index (χ1) is 13.6. The lowest BCUT2D eigenvalue weighted by atomic mass is 10.2. The fourth-order valence-electron chi connectivity index (χ4n) is 2.76. The first kappa shape index (κ1) is 18.4. The third-order valence-electron chi connectivity index (χ3n) is 4.15. The first-order valence-electron chi connectivity index (χ1n) is 8.54. The van der Waals surface area contributed by atoms with E-state index >= 15 is 0 Å². The third-order valence-corrected chi connectivity index (χ3v) is 4.81. The maximum atomic E-state index is 12.4. The number of hydrogen-bond acceptors (Lipinski definition) is 3. The Morgan fingerprint density at radius 1 is 0.714 bits per heavy atom. The second-order valence-electron chi connectivity index (χ2n) is 6.02. The molecule has 2 aromatic carbocycles. The summed E-state index contributed by atoms with van der Waals surface area (Å²) in [5, 5.41) is 1.17. The van der Waals surface area contributed by atoms with Crippen LogP contribution in [-0.4, -0.2) is 5.78 Å².